The van der Waals surface area contributed by atoms with Crippen molar-refractivity contribution in [3.05, 3.63) is 59.6 Å². The largest absolute Gasteiger partial charge is 0.370 e. The van der Waals surface area contributed by atoms with Crippen molar-refractivity contribution < 1.29 is 9.90 Å². The predicted octanol–water partition coefficient (Wildman–Crippen LogP) is 4.15. The van der Waals surface area contributed by atoms with Gasteiger partial charge in [0.2, 0.25) is 5.91 Å². The average molecular weight is 427 g/mol. The van der Waals surface area contributed by atoms with Gasteiger partial charge in [-0.3, -0.25) is 4.79 Å². The van der Waals surface area contributed by atoms with Crippen LogP contribution in [0.2, 0.25) is 0 Å². The third-order valence-electron chi connectivity index (χ3n) is 5.19. The summed E-state index contributed by atoms with van der Waals surface area (Å²) in [6, 6.07) is 0. The van der Waals surface area contributed by atoms with Crippen LogP contribution in [0.25, 0.3) is 0 Å². The normalized spacial score (nSPS) is 20.1. The highest BCUT2D eigenvalue weighted by atomic mass is 16.3. The number of allylic oxidation sites excluding steroid dienone is 5. The second-order valence-electron chi connectivity index (χ2n) is 9.36. The topological polar surface area (TPSA) is 77.0 Å². The minimum atomic E-state index is -0.949. The van der Waals surface area contributed by atoms with E-state index in [0.717, 1.165) is 29.0 Å². The van der Waals surface area contributed by atoms with Gasteiger partial charge in [0.15, 0.2) is 0 Å². The Morgan fingerprint density at radius 2 is 1.97 bits per heavy atom. The number of rotatable bonds is 9. The highest BCUT2D eigenvalue weighted by Gasteiger charge is 2.27. The Hall–Kier alpha value is -2.60. The first kappa shape index (κ1) is 24.7. The lowest BCUT2D eigenvalue weighted by atomic mass is 10.1. The number of hydrogen-bond acceptors (Lipinski definition) is 5. The molecule has 1 unspecified atom stereocenters. The lowest BCUT2D eigenvalue weighted by Crippen LogP contribution is -2.50. The fourth-order valence-corrected chi connectivity index (χ4v) is 3.23. The van der Waals surface area contributed by atoms with Crippen molar-refractivity contribution in [2.75, 3.05) is 6.54 Å². The van der Waals surface area contributed by atoms with E-state index in [9.17, 15) is 9.90 Å². The van der Waals surface area contributed by atoms with E-state index in [1.54, 1.807) is 17.9 Å². The minimum absolute atomic E-state index is 0.0365. The Balaban J connectivity index is 2.28. The Morgan fingerprint density at radius 3 is 2.48 bits per heavy atom. The number of aliphatic imine (C=N–C) groups is 1. The summed E-state index contributed by atoms with van der Waals surface area (Å²) in [5, 5.41) is 17.1. The first-order valence-corrected chi connectivity index (χ1v) is 11.0. The average Bonchev–Trinajstić information content (AvgIpc) is 3.48. The van der Waals surface area contributed by atoms with Gasteiger partial charge in [-0.2, -0.15) is 0 Å². The smallest absolute Gasteiger partial charge is 0.240 e. The maximum Gasteiger partial charge on any atom is 0.240 e. The van der Waals surface area contributed by atoms with Crippen molar-refractivity contribution in [3.8, 4) is 0 Å². The molecule has 2 aliphatic rings. The molecule has 0 saturated heterocycles. The summed E-state index contributed by atoms with van der Waals surface area (Å²) in [4.78, 5) is 18.7. The number of hydrogen-bond donors (Lipinski definition) is 3. The molecule has 6 nitrogen and oxygen atoms in total. The maximum atomic E-state index is 12.4. The highest BCUT2D eigenvalue weighted by Crippen LogP contribution is 2.35. The van der Waals surface area contributed by atoms with Crippen LogP contribution in [0, 0.1) is 5.92 Å². The summed E-state index contributed by atoms with van der Waals surface area (Å²) < 4.78 is 0. The van der Waals surface area contributed by atoms with Crippen molar-refractivity contribution in [2.24, 2.45) is 10.9 Å². The summed E-state index contributed by atoms with van der Waals surface area (Å²) in [5.74, 6) is 0.952. The number of carbonyl (C=O) groups excluding carboxylic acids is 1. The maximum absolute atomic E-state index is 12.4. The van der Waals surface area contributed by atoms with E-state index in [1.165, 1.54) is 12.8 Å². The lowest BCUT2D eigenvalue weighted by Gasteiger charge is -2.32. The van der Waals surface area contributed by atoms with Crippen molar-refractivity contribution in [1.82, 2.24) is 15.5 Å². The van der Waals surface area contributed by atoms with Crippen LogP contribution in [-0.4, -0.2) is 40.1 Å². The fourth-order valence-electron chi connectivity index (χ4n) is 3.23. The molecular formula is C25H38N4O2. The van der Waals surface area contributed by atoms with Gasteiger partial charge in [0.25, 0.3) is 0 Å². The molecule has 2 rings (SSSR count). The SMILES string of the molecule is C=C(/C=C\C(C1=CC(O)N(CC(=O)NC(C)(C)C)C(C)=N1)=C(/C)NC(=C)C1CC1)CC. The fraction of sp³-hybridized carbons (Fsp3) is 0.520. The molecule has 1 heterocycles. The third-order valence-corrected chi connectivity index (χ3v) is 5.19. The third kappa shape index (κ3) is 7.55. The van der Waals surface area contributed by atoms with Crippen LogP contribution in [0.4, 0.5) is 0 Å². The molecule has 1 aliphatic heterocycles. The molecule has 1 amide bonds. The number of amides is 1. The zero-order valence-electron chi connectivity index (χ0n) is 19.9. The van der Waals surface area contributed by atoms with E-state index in [2.05, 4.69) is 30.7 Å². The molecule has 0 spiro atoms. The van der Waals surface area contributed by atoms with Gasteiger partial charge in [0.1, 0.15) is 18.6 Å². The van der Waals surface area contributed by atoms with E-state index in [4.69, 9.17) is 4.99 Å². The van der Waals surface area contributed by atoms with Gasteiger partial charge in [-0.15, -0.1) is 0 Å². The van der Waals surface area contributed by atoms with Crippen LogP contribution in [0.15, 0.2) is 64.6 Å². The molecule has 1 atom stereocenters. The number of nitrogens with zero attached hydrogens (tertiary/aromatic N) is 2. The zero-order chi connectivity index (χ0) is 23.3. The number of nitrogens with one attached hydrogen (secondary N) is 2. The number of aliphatic hydroxyl groups is 1. The van der Waals surface area contributed by atoms with Gasteiger partial charge < -0.3 is 20.6 Å². The molecule has 0 radical (unpaired) electrons. The standard InChI is InChI=1S/C25H38N4O2/c1-9-16(2)10-13-21(18(4)26-17(3)20-11-12-20)22-14-24(31)29(19(5)27-22)15-23(30)28-25(6,7)8/h10,13-14,20,24,26,31H,2-3,9,11-12,15H2,1,4-8H3,(H,28,30)/b13-10-,21-18-. The van der Waals surface area contributed by atoms with Crippen molar-refractivity contribution >= 4 is 11.7 Å². The van der Waals surface area contributed by atoms with Gasteiger partial charge in [0, 0.05) is 22.5 Å². The summed E-state index contributed by atoms with van der Waals surface area (Å²) >= 11 is 0. The molecule has 3 N–H and O–H groups in total. The van der Waals surface area contributed by atoms with Crippen LogP contribution in [0.1, 0.15) is 60.8 Å². The molecule has 0 aromatic carbocycles. The molecule has 170 valence electrons. The van der Waals surface area contributed by atoms with Gasteiger partial charge in [-0.25, -0.2) is 4.99 Å². The molecule has 1 fully saturated rings. The summed E-state index contributed by atoms with van der Waals surface area (Å²) in [7, 11) is 0. The van der Waals surface area contributed by atoms with E-state index in [-0.39, 0.29) is 18.0 Å². The molecule has 1 saturated carbocycles. The van der Waals surface area contributed by atoms with Crippen molar-refractivity contribution in [1.29, 1.82) is 0 Å². The second-order valence-corrected chi connectivity index (χ2v) is 9.36. The highest BCUT2D eigenvalue weighted by molar-refractivity contribution is 5.88. The van der Waals surface area contributed by atoms with E-state index in [0.29, 0.717) is 17.5 Å². The summed E-state index contributed by atoms with van der Waals surface area (Å²) in [6.45, 7) is 19.9. The van der Waals surface area contributed by atoms with Crippen molar-refractivity contribution in [3.63, 3.8) is 0 Å². The number of amidine groups is 1. The van der Waals surface area contributed by atoms with Crippen LogP contribution in [-0.2, 0) is 4.79 Å². The Kier molecular flexibility index (Phi) is 8.07. The zero-order valence-corrected chi connectivity index (χ0v) is 19.9. The van der Waals surface area contributed by atoms with E-state index in [1.807, 2.05) is 39.8 Å². The minimum Gasteiger partial charge on any atom is -0.370 e. The molecule has 1 aliphatic carbocycles. The first-order chi connectivity index (χ1) is 14.4. The molecule has 0 bridgehead atoms. The van der Waals surface area contributed by atoms with Gasteiger partial charge in [-0.1, -0.05) is 37.8 Å². The Bertz CT molecular complexity index is 851. The Morgan fingerprint density at radius 1 is 1.32 bits per heavy atom. The first-order valence-electron chi connectivity index (χ1n) is 11.0. The molecule has 31 heavy (non-hydrogen) atoms. The molecular weight excluding hydrogens is 388 g/mol. The van der Waals surface area contributed by atoms with Crippen LogP contribution in [0.3, 0.4) is 0 Å². The summed E-state index contributed by atoms with van der Waals surface area (Å²) in [6.07, 6.45) is 7.87. The monoisotopic (exact) mass is 426 g/mol. The van der Waals surface area contributed by atoms with Crippen molar-refractivity contribution in [2.45, 2.75) is 72.6 Å². The van der Waals surface area contributed by atoms with E-state index < -0.39 is 6.23 Å². The van der Waals surface area contributed by atoms with Gasteiger partial charge >= 0.3 is 0 Å². The van der Waals surface area contributed by atoms with Crippen LogP contribution in [0.5, 0.6) is 0 Å². The Labute approximate surface area is 187 Å². The molecule has 0 aromatic rings. The number of carbonyl (C=O) groups is 1. The quantitative estimate of drug-likeness (QED) is 0.484. The summed E-state index contributed by atoms with van der Waals surface area (Å²) in [5.41, 5.74) is 4.13. The van der Waals surface area contributed by atoms with Gasteiger partial charge in [-0.05, 0) is 65.9 Å². The predicted molar refractivity (Wildman–Crippen MR) is 128 cm³/mol. The number of aliphatic hydroxyl groups excluding tert-OH is 1. The molecule has 6 heteroatoms. The lowest BCUT2D eigenvalue weighted by molar-refractivity contribution is -0.124. The van der Waals surface area contributed by atoms with E-state index >= 15 is 0 Å². The second kappa shape index (κ2) is 10.1. The molecule has 0 aromatic heterocycles. The van der Waals surface area contributed by atoms with Crippen LogP contribution >= 0.6 is 0 Å². The van der Waals surface area contributed by atoms with Crippen LogP contribution < -0.4 is 10.6 Å². The van der Waals surface area contributed by atoms with Gasteiger partial charge in [0.05, 0.1) is 5.70 Å².